The van der Waals surface area contributed by atoms with Crippen LogP contribution in [-0.2, 0) is 28.5 Å². The minimum atomic E-state index is -0.394. The molecule has 0 unspecified atom stereocenters. The maximum Gasteiger partial charge on any atom is 0.332 e. The van der Waals surface area contributed by atoms with Gasteiger partial charge in [-0.05, 0) is 0 Å². The van der Waals surface area contributed by atoms with E-state index in [1.54, 1.807) is 14.2 Å². The Morgan fingerprint density at radius 2 is 1.38 bits per heavy atom. The second-order valence-electron chi connectivity index (χ2n) is 2.87. The van der Waals surface area contributed by atoms with E-state index < -0.39 is 5.97 Å². The number of carbonyl (C=O) groups is 1. The van der Waals surface area contributed by atoms with Gasteiger partial charge in [0, 0.05) is 14.2 Å². The average Bonchev–Trinajstić information content (AvgIpc) is 2.28. The molecule has 0 fully saturated rings. The van der Waals surface area contributed by atoms with Crippen LogP contribution in [0.15, 0.2) is 0 Å². The van der Waals surface area contributed by atoms with Crippen molar-refractivity contribution in [3.8, 4) is 0 Å². The van der Waals surface area contributed by atoms with E-state index in [2.05, 4.69) is 0 Å². The summed E-state index contributed by atoms with van der Waals surface area (Å²) >= 11 is 0. The summed E-state index contributed by atoms with van der Waals surface area (Å²) in [7, 11) is 3.15. The largest absolute Gasteiger partial charge is 0.462 e. The van der Waals surface area contributed by atoms with E-state index in [-0.39, 0.29) is 13.2 Å². The summed E-state index contributed by atoms with van der Waals surface area (Å²) in [5.74, 6) is -0.394. The van der Waals surface area contributed by atoms with Crippen molar-refractivity contribution in [3.05, 3.63) is 0 Å². The van der Waals surface area contributed by atoms with Crippen molar-refractivity contribution in [3.63, 3.8) is 0 Å². The summed E-state index contributed by atoms with van der Waals surface area (Å²) in [4.78, 5) is 11.0. The molecule has 0 saturated carbocycles. The van der Waals surface area contributed by atoms with Gasteiger partial charge in [-0.25, -0.2) is 4.79 Å². The van der Waals surface area contributed by atoms with Crippen LogP contribution in [0.1, 0.15) is 0 Å². The van der Waals surface area contributed by atoms with Gasteiger partial charge in [0.2, 0.25) is 0 Å². The van der Waals surface area contributed by atoms with Crippen LogP contribution in [0.25, 0.3) is 0 Å². The van der Waals surface area contributed by atoms with E-state index in [9.17, 15) is 4.79 Å². The van der Waals surface area contributed by atoms with Gasteiger partial charge in [-0.2, -0.15) is 0 Å². The van der Waals surface area contributed by atoms with Crippen molar-refractivity contribution in [2.45, 2.75) is 0 Å². The Kier molecular flexibility index (Phi) is 11.8. The molecule has 0 rings (SSSR count). The number of hydrogen-bond donors (Lipinski definition) is 0. The third-order valence-electron chi connectivity index (χ3n) is 1.57. The fourth-order valence-corrected chi connectivity index (χ4v) is 0.798. The smallest absolute Gasteiger partial charge is 0.332 e. The highest BCUT2D eigenvalue weighted by molar-refractivity contribution is 5.70. The average molecular weight is 236 g/mol. The van der Waals surface area contributed by atoms with Crippen LogP contribution < -0.4 is 0 Å². The van der Waals surface area contributed by atoms with Gasteiger partial charge in [0.15, 0.2) is 0 Å². The molecule has 0 aliphatic heterocycles. The lowest BCUT2D eigenvalue weighted by molar-refractivity contribution is -0.150. The minimum absolute atomic E-state index is 0.0582. The first-order chi connectivity index (χ1) is 7.81. The van der Waals surface area contributed by atoms with Gasteiger partial charge in [0.05, 0.1) is 33.0 Å². The number of rotatable bonds is 11. The number of methoxy groups -OCH3 is 2. The van der Waals surface area contributed by atoms with E-state index in [0.29, 0.717) is 33.0 Å². The number of hydrogen-bond acceptors (Lipinski definition) is 6. The van der Waals surface area contributed by atoms with Crippen molar-refractivity contribution in [1.82, 2.24) is 0 Å². The zero-order valence-electron chi connectivity index (χ0n) is 9.90. The molecule has 0 heterocycles. The second-order valence-corrected chi connectivity index (χ2v) is 2.87. The quantitative estimate of drug-likeness (QED) is 0.367. The maximum atomic E-state index is 11.0. The van der Waals surface area contributed by atoms with Crippen LogP contribution in [0, 0.1) is 0 Å². The Morgan fingerprint density at radius 1 is 0.812 bits per heavy atom. The minimum Gasteiger partial charge on any atom is -0.462 e. The van der Waals surface area contributed by atoms with Gasteiger partial charge in [0.1, 0.15) is 13.2 Å². The lowest BCUT2D eigenvalue weighted by Crippen LogP contribution is -2.17. The van der Waals surface area contributed by atoms with Gasteiger partial charge >= 0.3 is 5.97 Å². The highest BCUT2D eigenvalue weighted by Gasteiger charge is 2.01. The second kappa shape index (κ2) is 12.4. The summed E-state index contributed by atoms with van der Waals surface area (Å²) in [5.41, 5.74) is 0. The number of carbonyl (C=O) groups excluding carboxylic acids is 1. The van der Waals surface area contributed by atoms with E-state index in [0.717, 1.165) is 0 Å². The van der Waals surface area contributed by atoms with Crippen molar-refractivity contribution < 1.29 is 28.5 Å². The number of ether oxygens (including phenoxy) is 5. The van der Waals surface area contributed by atoms with Crippen LogP contribution >= 0.6 is 0 Å². The zero-order chi connectivity index (χ0) is 12.1. The standard InChI is InChI=1S/C10H20O6/c1-12-3-5-14-6-7-15-9-10(11)16-8-4-13-2/h3-9H2,1-2H3. The lowest BCUT2D eigenvalue weighted by atomic mass is 10.6. The predicted molar refractivity (Wildman–Crippen MR) is 56.3 cm³/mol. The van der Waals surface area contributed by atoms with Crippen LogP contribution in [0.4, 0.5) is 0 Å². The topological polar surface area (TPSA) is 63.2 Å². The molecule has 6 nitrogen and oxygen atoms in total. The molecule has 0 spiro atoms. The summed E-state index contributed by atoms with van der Waals surface area (Å²) in [5, 5.41) is 0. The SMILES string of the molecule is COCCOCCOCC(=O)OCCOC. The molecule has 96 valence electrons. The van der Waals surface area contributed by atoms with E-state index in [4.69, 9.17) is 23.7 Å². The van der Waals surface area contributed by atoms with E-state index in [1.807, 2.05) is 0 Å². The van der Waals surface area contributed by atoms with Crippen molar-refractivity contribution in [1.29, 1.82) is 0 Å². The molecule has 0 aromatic carbocycles. The molecule has 0 bridgehead atoms. The highest BCUT2D eigenvalue weighted by atomic mass is 16.6. The van der Waals surface area contributed by atoms with Gasteiger partial charge in [-0.1, -0.05) is 0 Å². The zero-order valence-corrected chi connectivity index (χ0v) is 9.90. The van der Waals surface area contributed by atoms with Gasteiger partial charge in [-0.3, -0.25) is 0 Å². The maximum absolute atomic E-state index is 11.0. The molecule has 0 atom stereocenters. The third kappa shape index (κ3) is 11.4. The summed E-state index contributed by atoms with van der Waals surface area (Å²) < 4.78 is 24.4. The van der Waals surface area contributed by atoms with Crippen LogP contribution in [0.3, 0.4) is 0 Å². The first-order valence-corrected chi connectivity index (χ1v) is 5.10. The normalized spacial score (nSPS) is 10.4. The van der Waals surface area contributed by atoms with Crippen LogP contribution in [0.2, 0.25) is 0 Å². The molecule has 0 aromatic rings. The molecule has 0 aliphatic rings. The lowest BCUT2D eigenvalue weighted by Gasteiger charge is -2.06. The first-order valence-electron chi connectivity index (χ1n) is 5.10. The summed E-state index contributed by atoms with van der Waals surface area (Å²) in [6.07, 6.45) is 0. The highest BCUT2D eigenvalue weighted by Crippen LogP contribution is 1.84. The fourth-order valence-electron chi connectivity index (χ4n) is 0.798. The molecular weight excluding hydrogens is 216 g/mol. The first kappa shape index (κ1) is 15.3. The monoisotopic (exact) mass is 236 g/mol. The van der Waals surface area contributed by atoms with Gasteiger partial charge in [0.25, 0.3) is 0 Å². The molecule has 0 aliphatic carbocycles. The fraction of sp³-hybridized carbons (Fsp3) is 0.900. The van der Waals surface area contributed by atoms with Gasteiger partial charge in [-0.15, -0.1) is 0 Å². The molecule has 0 aromatic heterocycles. The van der Waals surface area contributed by atoms with Crippen molar-refractivity contribution >= 4 is 5.97 Å². The molecular formula is C10H20O6. The van der Waals surface area contributed by atoms with Gasteiger partial charge < -0.3 is 23.7 Å². The van der Waals surface area contributed by atoms with Crippen LogP contribution in [-0.4, -0.2) is 66.4 Å². The Hall–Kier alpha value is -0.690. The Balaban J connectivity index is 3.09. The Labute approximate surface area is 95.8 Å². The van der Waals surface area contributed by atoms with Crippen molar-refractivity contribution in [2.75, 3.05) is 60.5 Å². The molecule has 0 radical (unpaired) electrons. The molecule has 0 N–H and O–H groups in total. The summed E-state index contributed by atoms with van der Waals surface area (Å²) in [6.45, 7) is 2.47. The number of esters is 1. The Morgan fingerprint density at radius 3 is 2.06 bits per heavy atom. The summed E-state index contributed by atoms with van der Waals surface area (Å²) in [6, 6.07) is 0. The van der Waals surface area contributed by atoms with Crippen molar-refractivity contribution in [2.24, 2.45) is 0 Å². The Bertz CT molecular complexity index is 161. The van der Waals surface area contributed by atoms with E-state index in [1.165, 1.54) is 0 Å². The van der Waals surface area contributed by atoms with E-state index >= 15 is 0 Å². The predicted octanol–water partition coefficient (Wildman–Crippen LogP) is -0.144. The molecule has 0 saturated heterocycles. The van der Waals surface area contributed by atoms with Crippen LogP contribution in [0.5, 0.6) is 0 Å². The molecule has 6 heteroatoms. The molecule has 16 heavy (non-hydrogen) atoms. The molecule has 0 amide bonds. The third-order valence-corrected chi connectivity index (χ3v) is 1.57.